The van der Waals surface area contributed by atoms with Crippen molar-refractivity contribution in [2.24, 2.45) is 0 Å². The minimum Gasteiger partial charge on any atom is -0.507 e. The maximum Gasteiger partial charge on any atom is 0.408 e. The maximum absolute atomic E-state index is 14.0. The van der Waals surface area contributed by atoms with Gasteiger partial charge in [-0.1, -0.05) is 36.4 Å². The molecule has 0 aliphatic rings. The summed E-state index contributed by atoms with van der Waals surface area (Å²) in [7, 11) is 0. The van der Waals surface area contributed by atoms with Crippen LogP contribution in [0.2, 0.25) is 0 Å². The minimum atomic E-state index is -1.21. The number of aromatic hydroxyl groups is 1. The average molecular weight is 530 g/mol. The molecule has 0 aromatic heterocycles. The fourth-order valence-electron chi connectivity index (χ4n) is 3.86. The van der Waals surface area contributed by atoms with E-state index in [1.54, 1.807) is 78.8 Å². The monoisotopic (exact) mass is 529 g/mol. The second kappa shape index (κ2) is 11.9. The summed E-state index contributed by atoms with van der Waals surface area (Å²) in [6.45, 7) is 14.1. The van der Waals surface area contributed by atoms with E-state index < -0.39 is 41.1 Å². The van der Waals surface area contributed by atoms with Crippen LogP contribution in [0.3, 0.4) is 0 Å². The lowest BCUT2D eigenvalue weighted by Crippen LogP contribution is -2.58. The van der Waals surface area contributed by atoms with Crippen LogP contribution in [0.5, 0.6) is 5.75 Å². The van der Waals surface area contributed by atoms with E-state index in [2.05, 4.69) is 23.3 Å². The molecule has 2 aromatic rings. The highest BCUT2D eigenvalue weighted by molar-refractivity contribution is 7.80. The number of benzene rings is 2. The minimum absolute atomic E-state index is 0.0312. The number of hydrogen-bond acceptors (Lipinski definition) is 6. The summed E-state index contributed by atoms with van der Waals surface area (Å²) in [5, 5.41) is 16.5. The number of carbonyl (C=O) groups is 3. The predicted octanol–water partition coefficient (Wildman–Crippen LogP) is 5.14. The SMILES string of the molecule is Cc1ccccc1NC(=O)C(c1cccc(C)c1O)N(C(=O)C(CS)NC(=O)OC(C)(C)C)C(C)(C)C. The molecular weight excluding hydrogens is 490 g/mol. The van der Waals surface area contributed by atoms with Crippen LogP contribution in [0.25, 0.3) is 0 Å². The third kappa shape index (κ3) is 7.89. The lowest BCUT2D eigenvalue weighted by molar-refractivity contribution is -0.146. The standard InChI is InChI=1S/C28H39N3O5S/c1-17-12-9-10-15-20(17)29-24(33)22(19-14-11-13-18(2)23(19)32)31(27(3,4)5)25(34)21(16-37)30-26(35)36-28(6,7)8/h9-15,21-22,32,37H,16H2,1-8H3,(H,29,33)(H,30,35). The van der Waals surface area contributed by atoms with E-state index in [1.165, 1.54) is 4.90 Å². The Labute approximate surface area is 225 Å². The van der Waals surface area contributed by atoms with Gasteiger partial charge >= 0.3 is 6.09 Å². The Hall–Kier alpha value is -3.20. The van der Waals surface area contributed by atoms with Crippen LogP contribution in [0.1, 0.15) is 64.3 Å². The Bertz CT molecular complexity index is 1140. The number of anilines is 1. The first-order chi connectivity index (χ1) is 17.1. The van der Waals surface area contributed by atoms with Gasteiger partial charge < -0.3 is 25.4 Å². The third-order valence-electron chi connectivity index (χ3n) is 5.60. The molecule has 2 rings (SSSR count). The molecule has 0 spiro atoms. The normalized spacial score (nSPS) is 13.3. The van der Waals surface area contributed by atoms with Gasteiger partial charge in [-0.2, -0.15) is 12.6 Å². The average Bonchev–Trinajstić information content (AvgIpc) is 2.77. The van der Waals surface area contributed by atoms with Crippen molar-refractivity contribution in [2.75, 3.05) is 11.1 Å². The van der Waals surface area contributed by atoms with Crippen LogP contribution >= 0.6 is 12.6 Å². The lowest BCUT2D eigenvalue weighted by Gasteiger charge is -2.43. The summed E-state index contributed by atoms with van der Waals surface area (Å²) in [4.78, 5) is 41.8. The topological polar surface area (TPSA) is 108 Å². The molecule has 0 saturated carbocycles. The summed E-state index contributed by atoms with van der Waals surface area (Å²) in [6.07, 6.45) is -0.770. The highest BCUT2D eigenvalue weighted by Gasteiger charge is 2.42. The highest BCUT2D eigenvalue weighted by Crippen LogP contribution is 2.37. The fraction of sp³-hybridized carbons (Fsp3) is 0.464. The second-order valence-electron chi connectivity index (χ2n) is 11.0. The number of nitrogens with zero attached hydrogens (tertiary/aromatic N) is 1. The molecule has 8 nitrogen and oxygen atoms in total. The molecule has 0 fully saturated rings. The zero-order valence-corrected chi connectivity index (χ0v) is 23.8. The number of carbonyl (C=O) groups excluding carboxylic acids is 3. The van der Waals surface area contributed by atoms with Gasteiger partial charge in [0.15, 0.2) is 0 Å². The molecule has 9 heteroatoms. The molecule has 202 valence electrons. The number of amides is 3. The van der Waals surface area contributed by atoms with Crippen LogP contribution in [-0.2, 0) is 14.3 Å². The zero-order valence-electron chi connectivity index (χ0n) is 22.9. The molecule has 0 aliphatic carbocycles. The summed E-state index contributed by atoms with van der Waals surface area (Å²) in [6, 6.07) is 10.1. The molecule has 2 atom stereocenters. The van der Waals surface area contributed by atoms with Gasteiger partial charge in [0.1, 0.15) is 23.4 Å². The Kier molecular flexibility index (Phi) is 9.66. The first-order valence-corrected chi connectivity index (χ1v) is 12.8. The molecule has 0 aliphatic heterocycles. The van der Waals surface area contributed by atoms with Gasteiger partial charge in [-0.15, -0.1) is 0 Å². The van der Waals surface area contributed by atoms with E-state index in [4.69, 9.17) is 4.74 Å². The molecule has 37 heavy (non-hydrogen) atoms. The van der Waals surface area contributed by atoms with E-state index in [-0.39, 0.29) is 17.1 Å². The van der Waals surface area contributed by atoms with Crippen LogP contribution in [0.4, 0.5) is 10.5 Å². The number of alkyl carbamates (subject to hydrolysis) is 1. The van der Waals surface area contributed by atoms with Crippen molar-refractivity contribution in [3.63, 3.8) is 0 Å². The number of ether oxygens (including phenoxy) is 1. The third-order valence-corrected chi connectivity index (χ3v) is 5.97. The molecule has 0 heterocycles. The molecular formula is C28H39N3O5S. The number of nitrogens with one attached hydrogen (secondary N) is 2. The van der Waals surface area contributed by atoms with Gasteiger partial charge in [-0.05, 0) is 72.6 Å². The number of phenolic OH excluding ortho intramolecular Hbond substituents is 1. The number of para-hydroxylation sites is 2. The number of rotatable bonds is 7. The Morgan fingerprint density at radius 2 is 1.57 bits per heavy atom. The van der Waals surface area contributed by atoms with E-state index in [1.807, 2.05) is 19.1 Å². The first kappa shape index (κ1) is 30.0. The molecule has 3 amide bonds. The maximum atomic E-state index is 14.0. The molecule has 3 N–H and O–H groups in total. The molecule has 0 bridgehead atoms. The van der Waals surface area contributed by atoms with E-state index >= 15 is 0 Å². The predicted molar refractivity (Wildman–Crippen MR) is 149 cm³/mol. The summed E-state index contributed by atoms with van der Waals surface area (Å²) in [5.74, 6) is -1.17. The Morgan fingerprint density at radius 1 is 0.973 bits per heavy atom. The van der Waals surface area contributed by atoms with Crippen molar-refractivity contribution in [2.45, 2.75) is 78.6 Å². The van der Waals surface area contributed by atoms with Crippen molar-refractivity contribution in [3.8, 4) is 5.75 Å². The van der Waals surface area contributed by atoms with E-state index in [0.717, 1.165) is 5.56 Å². The van der Waals surface area contributed by atoms with Crippen molar-refractivity contribution in [1.82, 2.24) is 10.2 Å². The Morgan fingerprint density at radius 3 is 2.11 bits per heavy atom. The number of phenols is 1. The van der Waals surface area contributed by atoms with Crippen LogP contribution < -0.4 is 10.6 Å². The molecule has 0 saturated heterocycles. The van der Waals surface area contributed by atoms with Gasteiger partial charge in [-0.25, -0.2) is 4.79 Å². The highest BCUT2D eigenvalue weighted by atomic mass is 32.1. The Balaban J connectivity index is 2.60. The van der Waals surface area contributed by atoms with Crippen LogP contribution in [0, 0.1) is 13.8 Å². The largest absolute Gasteiger partial charge is 0.507 e. The summed E-state index contributed by atoms with van der Waals surface area (Å²) >= 11 is 4.30. The van der Waals surface area contributed by atoms with E-state index in [0.29, 0.717) is 11.3 Å². The van der Waals surface area contributed by atoms with Gasteiger partial charge in [-0.3, -0.25) is 9.59 Å². The van der Waals surface area contributed by atoms with Gasteiger partial charge in [0.25, 0.3) is 5.91 Å². The number of aryl methyl sites for hydroxylation is 2. The number of thiol groups is 1. The van der Waals surface area contributed by atoms with Crippen molar-refractivity contribution in [1.29, 1.82) is 0 Å². The van der Waals surface area contributed by atoms with Gasteiger partial charge in [0, 0.05) is 22.5 Å². The molecule has 0 radical (unpaired) electrons. The molecule has 2 unspecified atom stereocenters. The van der Waals surface area contributed by atoms with Crippen molar-refractivity contribution in [3.05, 3.63) is 59.2 Å². The van der Waals surface area contributed by atoms with Crippen molar-refractivity contribution < 1.29 is 24.2 Å². The second-order valence-corrected chi connectivity index (χ2v) is 11.3. The smallest absolute Gasteiger partial charge is 0.408 e. The fourth-order valence-corrected chi connectivity index (χ4v) is 4.11. The van der Waals surface area contributed by atoms with Crippen LogP contribution in [0.15, 0.2) is 42.5 Å². The van der Waals surface area contributed by atoms with Gasteiger partial charge in [0.2, 0.25) is 5.91 Å². The number of hydrogen-bond donors (Lipinski definition) is 4. The zero-order chi connectivity index (χ0) is 28.1. The first-order valence-electron chi connectivity index (χ1n) is 12.2. The molecule has 2 aromatic carbocycles. The lowest BCUT2D eigenvalue weighted by atomic mass is 9.93. The van der Waals surface area contributed by atoms with Crippen LogP contribution in [-0.4, -0.2) is 50.8 Å². The van der Waals surface area contributed by atoms with Gasteiger partial charge in [0.05, 0.1) is 0 Å². The summed E-state index contributed by atoms with van der Waals surface area (Å²) < 4.78 is 5.33. The summed E-state index contributed by atoms with van der Waals surface area (Å²) in [5.41, 5.74) is 0.605. The van der Waals surface area contributed by atoms with E-state index in [9.17, 15) is 19.5 Å². The van der Waals surface area contributed by atoms with Crippen molar-refractivity contribution >= 4 is 36.2 Å². The quantitative estimate of drug-likeness (QED) is 0.372.